The summed E-state index contributed by atoms with van der Waals surface area (Å²) in [6, 6.07) is 14.0. The second-order valence-electron chi connectivity index (χ2n) is 11.4. The summed E-state index contributed by atoms with van der Waals surface area (Å²) in [4.78, 5) is 32.0. The van der Waals surface area contributed by atoms with Gasteiger partial charge in [-0.25, -0.2) is 15.2 Å². The second-order valence-corrected chi connectivity index (χ2v) is 11.4. The average molecular weight is 502 g/mol. The maximum atomic E-state index is 11.7. The number of carboxylic acid groups (broad SMARTS) is 1. The normalized spacial score (nSPS) is 24.0. The van der Waals surface area contributed by atoms with Gasteiger partial charge in [0.25, 0.3) is 0 Å². The fraction of sp³-hybridized carbons (Fsp3) is 0.429. The van der Waals surface area contributed by atoms with E-state index in [1.807, 2.05) is 30.3 Å². The van der Waals surface area contributed by atoms with Crippen LogP contribution in [-0.2, 0) is 11.3 Å². The van der Waals surface area contributed by atoms with Crippen LogP contribution >= 0.6 is 0 Å². The molecule has 3 atom stereocenters. The third-order valence-electron chi connectivity index (χ3n) is 7.77. The van der Waals surface area contributed by atoms with Crippen LogP contribution in [-0.4, -0.2) is 63.3 Å². The predicted octanol–water partition coefficient (Wildman–Crippen LogP) is 4.18. The van der Waals surface area contributed by atoms with Crippen LogP contribution in [0.3, 0.4) is 0 Å². The predicted molar refractivity (Wildman–Crippen MR) is 139 cm³/mol. The van der Waals surface area contributed by atoms with E-state index in [0.717, 1.165) is 40.9 Å². The van der Waals surface area contributed by atoms with Crippen molar-refractivity contribution in [1.82, 2.24) is 20.2 Å². The molecule has 2 aliphatic heterocycles. The zero-order valence-electron chi connectivity index (χ0n) is 21.3. The Bertz CT molecular complexity index is 1400. The summed E-state index contributed by atoms with van der Waals surface area (Å²) in [7, 11) is 0. The number of nitrogens with zero attached hydrogens (tertiary/aromatic N) is 4. The van der Waals surface area contributed by atoms with Crippen molar-refractivity contribution in [3.05, 3.63) is 53.6 Å². The van der Waals surface area contributed by atoms with Gasteiger partial charge in [0.15, 0.2) is 5.58 Å². The van der Waals surface area contributed by atoms with E-state index in [9.17, 15) is 14.7 Å². The first kappa shape index (κ1) is 23.7. The van der Waals surface area contributed by atoms with E-state index in [1.165, 1.54) is 0 Å². The number of carbonyl (C=O) groups excluding carboxylic acids is 1. The van der Waals surface area contributed by atoms with Crippen molar-refractivity contribution >= 4 is 28.8 Å². The number of hydrazone groups is 1. The van der Waals surface area contributed by atoms with Gasteiger partial charge in [0, 0.05) is 49.1 Å². The summed E-state index contributed by atoms with van der Waals surface area (Å²) >= 11 is 0. The molecule has 6 rings (SSSR count). The first-order valence-electron chi connectivity index (χ1n) is 12.8. The monoisotopic (exact) mass is 501 g/mol. The number of benzene rings is 2. The summed E-state index contributed by atoms with van der Waals surface area (Å²) in [5.41, 5.74) is 7.88. The van der Waals surface area contributed by atoms with Crippen molar-refractivity contribution in [2.24, 2.45) is 22.4 Å². The fourth-order valence-corrected chi connectivity index (χ4v) is 5.52. The minimum atomic E-state index is -0.843. The summed E-state index contributed by atoms with van der Waals surface area (Å²) in [6.45, 7) is 8.99. The molecular formula is C28H31N5O4. The van der Waals surface area contributed by atoms with Crippen LogP contribution < -0.4 is 5.43 Å². The second kappa shape index (κ2) is 8.69. The van der Waals surface area contributed by atoms with Crippen molar-refractivity contribution < 1.29 is 19.1 Å². The van der Waals surface area contributed by atoms with Crippen molar-refractivity contribution in [3.63, 3.8) is 0 Å². The van der Waals surface area contributed by atoms with Gasteiger partial charge in [-0.1, -0.05) is 39.0 Å². The van der Waals surface area contributed by atoms with Crippen molar-refractivity contribution in [3.8, 4) is 11.5 Å². The van der Waals surface area contributed by atoms with E-state index in [1.54, 1.807) is 4.90 Å². The zero-order valence-corrected chi connectivity index (χ0v) is 21.3. The Hall–Kier alpha value is -3.72. The first-order valence-corrected chi connectivity index (χ1v) is 12.8. The van der Waals surface area contributed by atoms with Gasteiger partial charge in [-0.05, 0) is 41.7 Å². The third-order valence-corrected chi connectivity index (χ3v) is 7.77. The maximum absolute atomic E-state index is 11.7. The Morgan fingerprint density at radius 2 is 1.86 bits per heavy atom. The molecule has 2 aromatic carbocycles. The molecule has 1 aromatic heterocycles. The van der Waals surface area contributed by atoms with Crippen molar-refractivity contribution in [1.29, 1.82) is 0 Å². The van der Waals surface area contributed by atoms with Gasteiger partial charge in [-0.3, -0.25) is 9.69 Å². The maximum Gasteiger partial charge on any atom is 0.407 e. The Morgan fingerprint density at radius 3 is 2.59 bits per heavy atom. The number of fused-ring (bicyclic) bond motifs is 2. The lowest BCUT2D eigenvalue weighted by molar-refractivity contribution is -0.122. The topological polar surface area (TPSA) is 111 Å². The van der Waals surface area contributed by atoms with Crippen LogP contribution in [0.15, 0.2) is 52.0 Å². The summed E-state index contributed by atoms with van der Waals surface area (Å²) in [6.07, 6.45) is 0.00706. The van der Waals surface area contributed by atoms with E-state index in [4.69, 9.17) is 4.42 Å². The van der Waals surface area contributed by atoms with Crippen LogP contribution in [0.2, 0.25) is 0 Å². The molecule has 37 heavy (non-hydrogen) atoms. The number of aromatic nitrogens is 1. The van der Waals surface area contributed by atoms with Crippen LogP contribution in [0.4, 0.5) is 4.79 Å². The number of amides is 2. The molecule has 3 aromatic rings. The zero-order chi connectivity index (χ0) is 25.9. The summed E-state index contributed by atoms with van der Waals surface area (Å²) in [5, 5.41) is 13.9. The highest BCUT2D eigenvalue weighted by molar-refractivity contribution is 6.10. The molecule has 3 unspecified atom stereocenters. The lowest BCUT2D eigenvalue weighted by atomic mass is 9.84. The smallest absolute Gasteiger partial charge is 0.407 e. The highest BCUT2D eigenvalue weighted by Crippen LogP contribution is 2.43. The van der Waals surface area contributed by atoms with Gasteiger partial charge in [-0.2, -0.15) is 5.10 Å². The van der Waals surface area contributed by atoms with Crippen LogP contribution in [0, 0.1) is 17.3 Å². The Morgan fingerprint density at radius 1 is 1.11 bits per heavy atom. The van der Waals surface area contributed by atoms with Crippen molar-refractivity contribution in [2.75, 3.05) is 19.6 Å². The number of carbonyl (C=O) groups is 2. The molecule has 2 amide bonds. The van der Waals surface area contributed by atoms with E-state index in [-0.39, 0.29) is 29.2 Å². The quantitative estimate of drug-likeness (QED) is 0.555. The number of oxazole rings is 1. The van der Waals surface area contributed by atoms with E-state index in [0.29, 0.717) is 31.1 Å². The van der Waals surface area contributed by atoms with E-state index in [2.05, 4.69) is 53.3 Å². The third kappa shape index (κ3) is 4.48. The standard InChI is InChI=1S/C28H31N5O4/c1-28(2,3)23-15-32(10-11-33(23)27(35)36)14-16-4-6-17(7-5-16)26-29-21-9-8-18(12-22(21)37-26)24-19-13-20(19)25(34)31-30-24/h4-9,12,19-20,23H,10-11,13-15H2,1-3H3,(H,31,34)(H,35,36). The highest BCUT2D eigenvalue weighted by Gasteiger charge is 2.49. The molecule has 0 bridgehead atoms. The van der Waals surface area contributed by atoms with E-state index < -0.39 is 6.09 Å². The van der Waals surface area contributed by atoms with Gasteiger partial charge < -0.3 is 14.4 Å². The minimum Gasteiger partial charge on any atom is -0.465 e. The molecule has 2 N–H and O–H groups in total. The first-order chi connectivity index (χ1) is 17.7. The molecule has 1 saturated heterocycles. The van der Waals surface area contributed by atoms with Crippen molar-refractivity contribution in [2.45, 2.75) is 39.8 Å². The summed E-state index contributed by atoms with van der Waals surface area (Å²) in [5.74, 6) is 0.820. The van der Waals surface area contributed by atoms with E-state index >= 15 is 0 Å². The number of nitrogens with one attached hydrogen (secondary N) is 1. The Kier molecular flexibility index (Phi) is 5.56. The molecule has 9 nitrogen and oxygen atoms in total. The molecule has 0 spiro atoms. The lowest BCUT2D eigenvalue weighted by Crippen LogP contribution is -2.59. The fourth-order valence-electron chi connectivity index (χ4n) is 5.52. The van der Waals surface area contributed by atoms with Crippen LogP contribution in [0.25, 0.3) is 22.6 Å². The minimum absolute atomic E-state index is 0.0109. The van der Waals surface area contributed by atoms with Gasteiger partial charge in [0.1, 0.15) is 5.52 Å². The molecule has 3 aliphatic rings. The molecule has 0 radical (unpaired) electrons. The largest absolute Gasteiger partial charge is 0.465 e. The Labute approximate surface area is 215 Å². The van der Waals surface area contributed by atoms with Gasteiger partial charge >= 0.3 is 6.09 Å². The molecule has 1 aliphatic carbocycles. The molecule has 9 heteroatoms. The number of hydrogen-bond donors (Lipinski definition) is 2. The molecule has 192 valence electrons. The molecule has 1 saturated carbocycles. The Balaban J connectivity index is 1.16. The summed E-state index contributed by atoms with van der Waals surface area (Å²) < 4.78 is 6.11. The van der Waals surface area contributed by atoms with Crippen LogP contribution in [0.1, 0.15) is 38.3 Å². The number of rotatable bonds is 4. The average Bonchev–Trinajstić information content (AvgIpc) is 3.56. The lowest BCUT2D eigenvalue weighted by Gasteiger charge is -2.46. The molecular weight excluding hydrogens is 470 g/mol. The highest BCUT2D eigenvalue weighted by atomic mass is 16.4. The number of piperazine rings is 1. The van der Waals surface area contributed by atoms with Gasteiger partial charge in [0.2, 0.25) is 11.8 Å². The molecule has 2 fully saturated rings. The van der Waals surface area contributed by atoms with Crippen LogP contribution in [0.5, 0.6) is 0 Å². The van der Waals surface area contributed by atoms with Gasteiger partial charge in [0.05, 0.1) is 11.8 Å². The number of hydrogen-bond acceptors (Lipinski definition) is 6. The van der Waals surface area contributed by atoms with Gasteiger partial charge in [-0.15, -0.1) is 0 Å². The SMILES string of the molecule is CC(C)(C)C1CN(Cc2ccc(-c3nc4ccc(C5=NNC(=O)C6CC56)cc4o3)cc2)CCN1C(=O)O. The molecule has 3 heterocycles.